The van der Waals surface area contributed by atoms with Crippen molar-refractivity contribution >= 4 is 11.9 Å². The summed E-state index contributed by atoms with van der Waals surface area (Å²) in [6, 6.07) is 21.3. The van der Waals surface area contributed by atoms with Gasteiger partial charge in [0.05, 0.1) is 18.3 Å². The zero-order valence-corrected chi connectivity index (χ0v) is 22.4. The number of hydrogen-bond acceptors (Lipinski definition) is 6. The van der Waals surface area contributed by atoms with Crippen LogP contribution in [0.15, 0.2) is 83.2 Å². The largest absolute Gasteiger partial charge is 0.466 e. The Morgan fingerprint density at radius 3 is 2.05 bits per heavy atom. The van der Waals surface area contributed by atoms with E-state index in [0.717, 1.165) is 38.0 Å². The second-order valence-corrected chi connectivity index (χ2v) is 10.1. The number of carbonyl (C=O) groups is 2. The molecule has 1 fully saturated rings. The lowest BCUT2D eigenvalue weighted by Crippen LogP contribution is -2.39. The predicted molar refractivity (Wildman–Crippen MR) is 145 cm³/mol. The number of allylic oxidation sites excluding steroid dienone is 2. The number of ether oxygens (including phenoxy) is 2. The maximum Gasteiger partial charge on any atom is 0.336 e. The number of rotatable bonds is 9. The molecule has 2 aromatic carbocycles. The minimum atomic E-state index is -0.527. The van der Waals surface area contributed by atoms with E-state index in [9.17, 15) is 9.59 Å². The summed E-state index contributed by atoms with van der Waals surface area (Å²) in [4.78, 5) is 27.9. The van der Waals surface area contributed by atoms with E-state index in [-0.39, 0.29) is 12.4 Å². The molecule has 0 spiro atoms. The van der Waals surface area contributed by atoms with Crippen molar-refractivity contribution in [1.82, 2.24) is 10.2 Å². The Morgan fingerprint density at radius 2 is 1.51 bits per heavy atom. The van der Waals surface area contributed by atoms with E-state index in [2.05, 4.69) is 77.8 Å². The molecule has 2 aliphatic heterocycles. The maximum absolute atomic E-state index is 13.3. The van der Waals surface area contributed by atoms with Crippen molar-refractivity contribution in [3.05, 3.63) is 94.3 Å². The third kappa shape index (κ3) is 6.13. The van der Waals surface area contributed by atoms with Gasteiger partial charge in [0.1, 0.15) is 5.60 Å². The first-order chi connectivity index (χ1) is 17.9. The van der Waals surface area contributed by atoms with Crippen LogP contribution in [0.5, 0.6) is 0 Å². The Bertz CT molecular complexity index is 1130. The van der Waals surface area contributed by atoms with Gasteiger partial charge in [0.2, 0.25) is 0 Å². The fourth-order valence-electron chi connectivity index (χ4n) is 5.48. The number of nitrogens with zero attached hydrogens (tertiary/aromatic N) is 1. The van der Waals surface area contributed by atoms with E-state index in [1.807, 2.05) is 13.8 Å². The average molecular weight is 503 g/mol. The van der Waals surface area contributed by atoms with Crippen LogP contribution < -0.4 is 5.32 Å². The third-order valence-electron chi connectivity index (χ3n) is 7.80. The molecule has 1 atom stereocenters. The van der Waals surface area contributed by atoms with E-state index in [1.54, 1.807) is 0 Å². The van der Waals surface area contributed by atoms with Crippen LogP contribution in [0, 0.1) is 0 Å². The normalized spacial score (nSPS) is 20.2. The quantitative estimate of drug-likeness (QED) is 0.468. The van der Waals surface area contributed by atoms with E-state index in [4.69, 9.17) is 9.47 Å². The number of hydrogen-bond donors (Lipinski definition) is 1. The van der Waals surface area contributed by atoms with Crippen molar-refractivity contribution in [3.8, 4) is 0 Å². The van der Waals surface area contributed by atoms with Gasteiger partial charge in [0.25, 0.3) is 0 Å². The summed E-state index contributed by atoms with van der Waals surface area (Å²) >= 11 is 0. The SMILES string of the molecule is CCC1(OC(=O)C2=C(C)NC(C)=C(C(=O)OC)C2)CCN(CCC(c2ccccc2)c2ccccc2)C1. The number of likely N-dealkylation sites (tertiary alicyclic amines) is 1. The molecular formula is C31H38N2O4. The van der Waals surface area contributed by atoms with Crippen molar-refractivity contribution < 1.29 is 19.1 Å². The topological polar surface area (TPSA) is 67.9 Å². The number of dihydropyridines is 1. The lowest BCUT2D eigenvalue weighted by Gasteiger charge is -2.31. The number of methoxy groups -OCH3 is 1. The Balaban J connectivity index is 1.42. The molecule has 6 nitrogen and oxygen atoms in total. The van der Waals surface area contributed by atoms with E-state index < -0.39 is 11.6 Å². The van der Waals surface area contributed by atoms with Gasteiger partial charge in [0.15, 0.2) is 0 Å². The maximum atomic E-state index is 13.3. The second-order valence-electron chi connectivity index (χ2n) is 10.1. The lowest BCUT2D eigenvalue weighted by molar-refractivity contribution is -0.154. The summed E-state index contributed by atoms with van der Waals surface area (Å²) in [5.74, 6) is -0.463. The zero-order chi connectivity index (χ0) is 26.4. The molecular weight excluding hydrogens is 464 g/mol. The van der Waals surface area contributed by atoms with Crippen LogP contribution in [0.25, 0.3) is 0 Å². The Hall–Kier alpha value is -3.38. The lowest BCUT2D eigenvalue weighted by atomic mass is 9.88. The first-order valence-corrected chi connectivity index (χ1v) is 13.2. The third-order valence-corrected chi connectivity index (χ3v) is 7.80. The van der Waals surface area contributed by atoms with Crippen LogP contribution in [0.1, 0.15) is 63.5 Å². The molecule has 4 rings (SSSR count). The minimum absolute atomic E-state index is 0.218. The average Bonchev–Trinajstić information content (AvgIpc) is 3.32. The Morgan fingerprint density at radius 1 is 0.946 bits per heavy atom. The molecule has 0 bridgehead atoms. The van der Waals surface area contributed by atoms with Gasteiger partial charge in [0, 0.05) is 43.2 Å². The molecule has 1 N–H and O–H groups in total. The van der Waals surface area contributed by atoms with Gasteiger partial charge in [-0.15, -0.1) is 0 Å². The van der Waals surface area contributed by atoms with Gasteiger partial charge in [-0.3, -0.25) is 4.90 Å². The number of nitrogens with one attached hydrogen (secondary N) is 1. The summed E-state index contributed by atoms with van der Waals surface area (Å²) in [5, 5.41) is 3.15. The van der Waals surface area contributed by atoms with Crippen LogP contribution in [0.4, 0.5) is 0 Å². The first-order valence-electron chi connectivity index (χ1n) is 13.2. The van der Waals surface area contributed by atoms with Crippen LogP contribution in [0.2, 0.25) is 0 Å². The van der Waals surface area contributed by atoms with Gasteiger partial charge >= 0.3 is 11.9 Å². The molecule has 2 aliphatic rings. The van der Waals surface area contributed by atoms with Crippen LogP contribution >= 0.6 is 0 Å². The number of esters is 2. The highest BCUT2D eigenvalue weighted by Gasteiger charge is 2.41. The summed E-state index contributed by atoms with van der Waals surface area (Å²) < 4.78 is 11.1. The highest BCUT2D eigenvalue weighted by molar-refractivity contribution is 5.96. The summed E-state index contributed by atoms with van der Waals surface area (Å²) in [7, 11) is 1.35. The molecule has 196 valence electrons. The van der Waals surface area contributed by atoms with E-state index >= 15 is 0 Å². The van der Waals surface area contributed by atoms with Crippen molar-refractivity contribution in [2.45, 2.75) is 58.0 Å². The van der Waals surface area contributed by atoms with Crippen molar-refractivity contribution in [3.63, 3.8) is 0 Å². The molecule has 6 heteroatoms. The standard InChI is InChI=1S/C31H38N2O4/c1-5-31(37-30(35)28-20-27(29(34)36-4)22(2)32-23(28)3)17-19-33(21-31)18-16-26(24-12-8-6-9-13-24)25-14-10-7-11-15-25/h6-15,26,32H,5,16-21H2,1-4H3. The first kappa shape index (κ1) is 26.7. The van der Waals surface area contributed by atoms with E-state index in [1.165, 1.54) is 18.2 Å². The van der Waals surface area contributed by atoms with Crippen molar-refractivity contribution in [2.75, 3.05) is 26.7 Å². The van der Waals surface area contributed by atoms with Crippen molar-refractivity contribution in [2.24, 2.45) is 0 Å². The fraction of sp³-hybridized carbons (Fsp3) is 0.419. The molecule has 0 radical (unpaired) electrons. The highest BCUT2D eigenvalue weighted by Crippen LogP contribution is 2.34. The second kappa shape index (κ2) is 11.8. The Kier molecular flexibility index (Phi) is 8.49. The zero-order valence-electron chi connectivity index (χ0n) is 22.4. The van der Waals surface area contributed by atoms with Crippen LogP contribution in [-0.2, 0) is 19.1 Å². The fourth-order valence-corrected chi connectivity index (χ4v) is 5.48. The van der Waals surface area contributed by atoms with Gasteiger partial charge in [-0.05, 0) is 44.4 Å². The van der Waals surface area contributed by atoms with Gasteiger partial charge < -0.3 is 14.8 Å². The molecule has 2 aromatic rings. The summed E-state index contributed by atoms with van der Waals surface area (Å²) in [6.07, 6.45) is 2.75. The molecule has 37 heavy (non-hydrogen) atoms. The molecule has 0 saturated carbocycles. The molecule has 1 unspecified atom stereocenters. The van der Waals surface area contributed by atoms with Gasteiger partial charge in [-0.2, -0.15) is 0 Å². The van der Waals surface area contributed by atoms with Crippen LogP contribution in [0.3, 0.4) is 0 Å². The smallest absolute Gasteiger partial charge is 0.336 e. The van der Waals surface area contributed by atoms with Crippen molar-refractivity contribution in [1.29, 1.82) is 0 Å². The highest BCUT2D eigenvalue weighted by atomic mass is 16.6. The summed E-state index contributed by atoms with van der Waals surface area (Å²) in [6.45, 7) is 8.27. The monoisotopic (exact) mass is 502 g/mol. The minimum Gasteiger partial charge on any atom is -0.466 e. The molecule has 0 aromatic heterocycles. The van der Waals surface area contributed by atoms with Crippen LogP contribution in [-0.4, -0.2) is 49.2 Å². The Labute approximate surface area is 220 Å². The predicted octanol–water partition coefficient (Wildman–Crippen LogP) is 5.32. The molecule has 0 aliphatic carbocycles. The van der Waals surface area contributed by atoms with E-state index in [0.29, 0.717) is 29.3 Å². The molecule has 2 heterocycles. The molecule has 1 saturated heterocycles. The summed E-state index contributed by atoms with van der Waals surface area (Å²) in [5.41, 5.74) is 4.50. The van der Waals surface area contributed by atoms with Gasteiger partial charge in [-0.25, -0.2) is 9.59 Å². The molecule has 0 amide bonds. The van der Waals surface area contributed by atoms with Gasteiger partial charge in [-0.1, -0.05) is 67.6 Å². The number of benzene rings is 2. The number of carbonyl (C=O) groups excluding carboxylic acids is 2.